The number of carboxylic acid groups (broad SMARTS) is 1. The van der Waals surface area contributed by atoms with E-state index in [2.05, 4.69) is 5.32 Å². The number of ether oxygens (including phenoxy) is 3. The van der Waals surface area contributed by atoms with Crippen LogP contribution in [0.5, 0.6) is 5.75 Å². The molecule has 2 amide bonds. The topological polar surface area (TPSA) is 97.3 Å². The van der Waals surface area contributed by atoms with Gasteiger partial charge in [0.2, 0.25) is 0 Å². The Morgan fingerprint density at radius 1 is 0.951 bits per heavy atom. The minimum Gasteiger partial charge on any atom is -0.492 e. The maximum atomic E-state index is 13.4. The highest BCUT2D eigenvalue weighted by Gasteiger charge is 2.34. The largest absolute Gasteiger partial charge is 0.492 e. The van der Waals surface area contributed by atoms with E-state index in [1.54, 1.807) is 31.2 Å². The predicted molar refractivity (Wildman–Crippen MR) is 137 cm³/mol. The van der Waals surface area contributed by atoms with Crippen LogP contribution in [0.15, 0.2) is 48.5 Å². The van der Waals surface area contributed by atoms with E-state index < -0.39 is 48.1 Å². The summed E-state index contributed by atoms with van der Waals surface area (Å²) in [4.78, 5) is 25.3. The molecule has 0 saturated heterocycles. The van der Waals surface area contributed by atoms with Gasteiger partial charge in [0.05, 0.1) is 24.4 Å². The van der Waals surface area contributed by atoms with E-state index in [0.29, 0.717) is 11.3 Å². The molecule has 0 saturated carbocycles. The van der Waals surface area contributed by atoms with Crippen LogP contribution in [0.3, 0.4) is 0 Å². The van der Waals surface area contributed by atoms with Gasteiger partial charge in [-0.1, -0.05) is 24.3 Å². The number of nitrogens with one attached hydrogen (secondary N) is 1. The van der Waals surface area contributed by atoms with E-state index >= 15 is 0 Å². The van der Waals surface area contributed by atoms with Gasteiger partial charge in [0.1, 0.15) is 12.4 Å². The number of anilines is 1. The summed E-state index contributed by atoms with van der Waals surface area (Å²) in [5.74, 6) is -0.698. The first-order valence-corrected chi connectivity index (χ1v) is 12.7. The van der Waals surface area contributed by atoms with Crippen molar-refractivity contribution in [1.82, 2.24) is 4.90 Å². The Morgan fingerprint density at radius 2 is 1.61 bits per heavy atom. The number of carboxylic acids is 1. The van der Waals surface area contributed by atoms with Gasteiger partial charge in [-0.05, 0) is 43.2 Å². The fourth-order valence-corrected chi connectivity index (χ4v) is 3.63. The van der Waals surface area contributed by atoms with Gasteiger partial charge in [0.15, 0.2) is 6.10 Å². The van der Waals surface area contributed by atoms with Gasteiger partial charge in [-0.25, -0.2) is 9.59 Å². The fourth-order valence-electron chi connectivity index (χ4n) is 3.63. The van der Waals surface area contributed by atoms with Crippen molar-refractivity contribution in [2.45, 2.75) is 44.6 Å². The van der Waals surface area contributed by atoms with Crippen molar-refractivity contribution in [2.24, 2.45) is 0 Å². The number of urea groups is 1. The molecule has 0 fully saturated rings. The molecule has 2 aromatic rings. The molecule has 2 N–H and O–H groups in total. The molecule has 0 aliphatic carbocycles. The lowest BCUT2D eigenvalue weighted by Gasteiger charge is -2.24. The second-order valence-corrected chi connectivity index (χ2v) is 8.77. The zero-order valence-electron chi connectivity index (χ0n) is 22.3. The fraction of sp³-hybridized carbons (Fsp3) is 0.481. The first kappa shape index (κ1) is 33.7. The minimum absolute atomic E-state index is 0.0710. The third-order valence-corrected chi connectivity index (χ3v) is 5.63. The van der Waals surface area contributed by atoms with E-state index in [9.17, 15) is 41.0 Å². The van der Waals surface area contributed by atoms with Crippen molar-refractivity contribution in [2.75, 3.05) is 44.8 Å². The zero-order valence-corrected chi connectivity index (χ0v) is 22.3. The summed E-state index contributed by atoms with van der Waals surface area (Å²) < 4.78 is 93.0. The van der Waals surface area contributed by atoms with Gasteiger partial charge in [-0.3, -0.25) is 0 Å². The lowest BCUT2D eigenvalue weighted by molar-refractivity contribution is -0.150. The van der Waals surface area contributed by atoms with Crippen LogP contribution in [-0.2, 0) is 26.9 Å². The molecule has 8 nitrogen and oxygen atoms in total. The first-order valence-electron chi connectivity index (χ1n) is 12.7. The normalized spacial score (nSPS) is 12.6. The third kappa shape index (κ3) is 12.7. The molecular weight excluding hydrogens is 562 g/mol. The number of hydrogen-bond acceptors (Lipinski definition) is 5. The lowest BCUT2D eigenvalue weighted by atomic mass is 10.1. The number of aliphatic carboxylic acids is 1. The molecule has 0 radical (unpaired) electrons. The number of halogens is 6. The number of carbonyl (C=O) groups excluding carboxylic acids is 1. The molecule has 2 aromatic carbocycles. The number of hydrogen-bond donors (Lipinski definition) is 2. The average molecular weight is 595 g/mol. The number of benzene rings is 2. The molecule has 1 unspecified atom stereocenters. The second-order valence-electron chi connectivity index (χ2n) is 8.77. The number of para-hydroxylation sites is 1. The zero-order chi connectivity index (χ0) is 30.5. The Morgan fingerprint density at radius 3 is 2.22 bits per heavy atom. The molecule has 0 aliphatic heterocycles. The summed E-state index contributed by atoms with van der Waals surface area (Å²) in [5, 5.41) is 11.5. The van der Waals surface area contributed by atoms with E-state index in [0.717, 1.165) is 17.0 Å². The Labute approximate surface area is 233 Å². The molecule has 14 heteroatoms. The van der Waals surface area contributed by atoms with Crippen LogP contribution < -0.4 is 10.1 Å². The standard InChI is InChI=1S/C27H32F6N2O6/c1-2-40-23(24(36)37)18-19-8-10-20(11-9-19)41-17-14-35(13-16-39-15-5-12-26(28,29)30)25(38)34-22-7-4-3-6-21(22)27(31,32)33/h3-4,6-11,23H,2,5,12-18H2,1H3,(H,34,38)(H,36,37). The van der Waals surface area contributed by atoms with Crippen molar-refractivity contribution in [1.29, 1.82) is 0 Å². The molecule has 2 rings (SSSR count). The summed E-state index contributed by atoms with van der Waals surface area (Å²) >= 11 is 0. The minimum atomic E-state index is -4.71. The van der Waals surface area contributed by atoms with Crippen molar-refractivity contribution >= 4 is 17.7 Å². The number of carbonyl (C=O) groups is 2. The summed E-state index contributed by atoms with van der Waals surface area (Å²) in [6, 6.07) is 10.0. The van der Waals surface area contributed by atoms with Crippen molar-refractivity contribution < 1.29 is 55.2 Å². The molecule has 0 bridgehead atoms. The van der Waals surface area contributed by atoms with Crippen LogP contribution in [0.25, 0.3) is 0 Å². The number of alkyl halides is 6. The molecule has 0 heterocycles. The Kier molecular flexibility index (Phi) is 13.2. The molecule has 41 heavy (non-hydrogen) atoms. The van der Waals surface area contributed by atoms with Gasteiger partial charge in [0, 0.05) is 32.6 Å². The molecule has 0 aromatic heterocycles. The third-order valence-electron chi connectivity index (χ3n) is 5.63. The monoisotopic (exact) mass is 594 g/mol. The van der Waals surface area contributed by atoms with Gasteiger partial charge < -0.3 is 29.5 Å². The Balaban J connectivity index is 1.99. The van der Waals surface area contributed by atoms with E-state index in [1.165, 1.54) is 12.1 Å². The predicted octanol–water partition coefficient (Wildman–Crippen LogP) is 6.01. The number of amides is 2. The van der Waals surface area contributed by atoms with Gasteiger partial charge in [-0.2, -0.15) is 26.3 Å². The highest BCUT2D eigenvalue weighted by atomic mass is 19.4. The van der Waals surface area contributed by atoms with Crippen molar-refractivity contribution in [3.63, 3.8) is 0 Å². The molecule has 1 atom stereocenters. The highest BCUT2D eigenvalue weighted by Crippen LogP contribution is 2.34. The second kappa shape index (κ2) is 16.1. The van der Waals surface area contributed by atoms with Crippen molar-refractivity contribution in [3.8, 4) is 5.75 Å². The van der Waals surface area contributed by atoms with E-state index in [-0.39, 0.29) is 52.4 Å². The summed E-state index contributed by atoms with van der Waals surface area (Å²) in [7, 11) is 0. The van der Waals surface area contributed by atoms with Gasteiger partial charge in [-0.15, -0.1) is 0 Å². The molecular formula is C27H32F6N2O6. The maximum absolute atomic E-state index is 13.4. The van der Waals surface area contributed by atoms with Crippen LogP contribution in [0.2, 0.25) is 0 Å². The van der Waals surface area contributed by atoms with Crippen LogP contribution in [0.4, 0.5) is 36.8 Å². The summed E-state index contributed by atoms with van der Waals surface area (Å²) in [5.41, 5.74) is -0.808. The molecule has 0 aliphatic rings. The van der Waals surface area contributed by atoms with Crippen molar-refractivity contribution in [3.05, 3.63) is 59.7 Å². The van der Waals surface area contributed by atoms with E-state index in [4.69, 9.17) is 14.2 Å². The van der Waals surface area contributed by atoms with Crippen LogP contribution in [-0.4, -0.2) is 73.8 Å². The number of rotatable bonds is 16. The highest BCUT2D eigenvalue weighted by molar-refractivity contribution is 5.90. The van der Waals surface area contributed by atoms with Gasteiger partial charge >= 0.3 is 24.4 Å². The summed E-state index contributed by atoms with van der Waals surface area (Å²) in [6.07, 6.45) is -11.2. The molecule has 228 valence electrons. The molecule has 0 spiro atoms. The quantitative estimate of drug-likeness (QED) is 0.183. The lowest BCUT2D eigenvalue weighted by Crippen LogP contribution is -2.40. The van der Waals surface area contributed by atoms with Crippen LogP contribution >= 0.6 is 0 Å². The number of nitrogens with zero attached hydrogens (tertiary/aromatic N) is 1. The van der Waals surface area contributed by atoms with Gasteiger partial charge in [0.25, 0.3) is 0 Å². The smallest absolute Gasteiger partial charge is 0.418 e. The van der Waals surface area contributed by atoms with E-state index in [1.807, 2.05) is 0 Å². The Bertz CT molecular complexity index is 1090. The summed E-state index contributed by atoms with van der Waals surface area (Å²) in [6.45, 7) is 1.29. The maximum Gasteiger partial charge on any atom is 0.418 e. The SMILES string of the molecule is CCOC(Cc1ccc(OCCN(CCOCCCC(F)(F)F)C(=O)Nc2ccccc2C(F)(F)F)cc1)C(=O)O. The van der Waals surface area contributed by atoms with Crippen LogP contribution in [0, 0.1) is 0 Å². The van der Waals surface area contributed by atoms with Crippen LogP contribution in [0.1, 0.15) is 30.9 Å². The Hall–Kier alpha value is -3.52. The first-order chi connectivity index (χ1) is 19.3. The average Bonchev–Trinajstić information content (AvgIpc) is 2.89.